The van der Waals surface area contributed by atoms with Gasteiger partial charge in [0.05, 0.1) is 12.8 Å². The maximum atomic E-state index is 11.3. The third-order valence-electron chi connectivity index (χ3n) is 2.39. The first-order valence-electron chi connectivity index (χ1n) is 5.90. The van der Waals surface area contributed by atoms with Crippen molar-refractivity contribution in [2.75, 3.05) is 24.3 Å². The monoisotopic (exact) mass is 261 g/mol. The number of anilines is 2. The van der Waals surface area contributed by atoms with E-state index < -0.39 is 6.09 Å². The zero-order valence-electron chi connectivity index (χ0n) is 10.8. The molecule has 100 valence electrons. The van der Waals surface area contributed by atoms with Crippen LogP contribution < -0.4 is 10.6 Å². The van der Waals surface area contributed by atoms with Crippen molar-refractivity contribution >= 4 is 17.8 Å². The topological polar surface area (TPSA) is 76.4 Å². The van der Waals surface area contributed by atoms with Gasteiger partial charge >= 0.3 is 6.09 Å². The van der Waals surface area contributed by atoms with Gasteiger partial charge in [0, 0.05) is 18.3 Å². The van der Waals surface area contributed by atoms with Crippen molar-refractivity contribution < 1.29 is 13.9 Å². The third-order valence-corrected chi connectivity index (χ3v) is 2.39. The van der Waals surface area contributed by atoms with Crippen LogP contribution in [-0.2, 0) is 4.74 Å². The lowest BCUT2D eigenvalue weighted by atomic mass is 10.1. The zero-order chi connectivity index (χ0) is 13.7. The molecular weight excluding hydrogens is 246 g/mol. The average Bonchev–Trinajstić information content (AvgIpc) is 2.88. The molecule has 19 heavy (non-hydrogen) atoms. The number of oxazole rings is 1. The molecule has 0 fully saturated rings. The summed E-state index contributed by atoms with van der Waals surface area (Å²) < 4.78 is 10.3. The predicted octanol–water partition coefficient (Wildman–Crippen LogP) is 2.95. The van der Waals surface area contributed by atoms with Crippen molar-refractivity contribution in [2.24, 2.45) is 0 Å². The summed E-state index contributed by atoms with van der Waals surface area (Å²) >= 11 is 0. The fourth-order valence-electron chi connectivity index (χ4n) is 1.56. The van der Waals surface area contributed by atoms with Gasteiger partial charge in [0.1, 0.15) is 0 Å². The van der Waals surface area contributed by atoms with Gasteiger partial charge in [-0.2, -0.15) is 0 Å². The number of hydrogen-bond acceptors (Lipinski definition) is 5. The van der Waals surface area contributed by atoms with Crippen LogP contribution in [0.25, 0.3) is 11.3 Å². The molecule has 6 heteroatoms. The molecule has 0 spiro atoms. The van der Waals surface area contributed by atoms with Gasteiger partial charge in [-0.05, 0) is 19.1 Å². The second-order valence-electron chi connectivity index (χ2n) is 3.71. The number of benzene rings is 1. The van der Waals surface area contributed by atoms with E-state index in [1.54, 1.807) is 32.3 Å². The van der Waals surface area contributed by atoms with E-state index in [-0.39, 0.29) is 0 Å². The lowest BCUT2D eigenvalue weighted by Gasteiger charge is -2.06. The smallest absolute Gasteiger partial charge is 0.411 e. The molecule has 0 aliphatic carbocycles. The molecule has 0 aliphatic heterocycles. The number of amides is 1. The van der Waals surface area contributed by atoms with E-state index in [9.17, 15) is 4.79 Å². The summed E-state index contributed by atoms with van der Waals surface area (Å²) in [5, 5.41) is 5.45. The van der Waals surface area contributed by atoms with Crippen LogP contribution in [0.5, 0.6) is 0 Å². The third kappa shape index (κ3) is 3.25. The Labute approximate surface area is 110 Å². The Morgan fingerprint density at radius 3 is 3.00 bits per heavy atom. The molecule has 6 nitrogen and oxygen atoms in total. The van der Waals surface area contributed by atoms with Crippen LogP contribution in [-0.4, -0.2) is 24.7 Å². The molecule has 2 rings (SSSR count). The number of nitrogens with one attached hydrogen (secondary N) is 2. The number of carbonyl (C=O) groups excluding carboxylic acids is 1. The molecule has 1 aromatic heterocycles. The van der Waals surface area contributed by atoms with Crippen molar-refractivity contribution in [3.05, 3.63) is 30.5 Å². The van der Waals surface area contributed by atoms with Crippen molar-refractivity contribution in [3.8, 4) is 11.3 Å². The van der Waals surface area contributed by atoms with Crippen LogP contribution in [0.4, 0.5) is 16.5 Å². The molecule has 1 heterocycles. The SMILES string of the molecule is CCOC(=O)Nc1cccc(-c2cnc(NC)o2)c1. The van der Waals surface area contributed by atoms with E-state index in [4.69, 9.17) is 9.15 Å². The van der Waals surface area contributed by atoms with Crippen molar-refractivity contribution in [2.45, 2.75) is 6.92 Å². The van der Waals surface area contributed by atoms with Gasteiger partial charge < -0.3 is 14.5 Å². The molecule has 0 aliphatic rings. The Balaban J connectivity index is 2.16. The van der Waals surface area contributed by atoms with Crippen LogP contribution >= 0.6 is 0 Å². The maximum absolute atomic E-state index is 11.3. The summed E-state index contributed by atoms with van der Waals surface area (Å²) in [5.74, 6) is 0.622. The summed E-state index contributed by atoms with van der Waals surface area (Å²) in [6.45, 7) is 2.09. The molecule has 2 N–H and O–H groups in total. The number of carbonyl (C=O) groups is 1. The number of ether oxygens (including phenoxy) is 1. The Kier molecular flexibility index (Phi) is 4.02. The zero-order valence-corrected chi connectivity index (χ0v) is 10.8. The normalized spacial score (nSPS) is 10.0. The van der Waals surface area contributed by atoms with Crippen LogP contribution in [0.15, 0.2) is 34.9 Å². The molecule has 0 saturated carbocycles. The predicted molar refractivity (Wildman–Crippen MR) is 72.1 cm³/mol. The Hall–Kier alpha value is -2.50. The van der Waals surface area contributed by atoms with Crippen molar-refractivity contribution in [1.29, 1.82) is 0 Å². The lowest BCUT2D eigenvalue weighted by molar-refractivity contribution is 0.168. The molecule has 0 radical (unpaired) electrons. The van der Waals surface area contributed by atoms with E-state index in [0.717, 1.165) is 5.56 Å². The Bertz CT molecular complexity index is 566. The highest BCUT2D eigenvalue weighted by atomic mass is 16.5. The molecule has 1 aromatic carbocycles. The maximum Gasteiger partial charge on any atom is 0.411 e. The second-order valence-corrected chi connectivity index (χ2v) is 3.71. The van der Waals surface area contributed by atoms with Crippen LogP contribution in [0.2, 0.25) is 0 Å². The number of nitrogens with zero attached hydrogens (tertiary/aromatic N) is 1. The van der Waals surface area contributed by atoms with E-state index in [1.807, 2.05) is 12.1 Å². The minimum Gasteiger partial charge on any atom is -0.450 e. The average molecular weight is 261 g/mol. The molecular formula is C13H15N3O3. The molecule has 1 amide bonds. The van der Waals surface area contributed by atoms with E-state index in [1.165, 1.54) is 0 Å². The molecule has 0 bridgehead atoms. The van der Waals surface area contributed by atoms with E-state index in [0.29, 0.717) is 24.1 Å². The van der Waals surface area contributed by atoms with Gasteiger partial charge in [-0.1, -0.05) is 12.1 Å². The largest absolute Gasteiger partial charge is 0.450 e. The van der Waals surface area contributed by atoms with Crippen LogP contribution in [0.1, 0.15) is 6.92 Å². The summed E-state index contributed by atoms with van der Waals surface area (Å²) in [5.41, 5.74) is 1.46. The minimum atomic E-state index is -0.479. The molecule has 2 aromatic rings. The van der Waals surface area contributed by atoms with Crippen LogP contribution in [0, 0.1) is 0 Å². The first-order chi connectivity index (χ1) is 9.22. The summed E-state index contributed by atoms with van der Waals surface area (Å²) in [4.78, 5) is 15.4. The van der Waals surface area contributed by atoms with Crippen molar-refractivity contribution in [1.82, 2.24) is 4.98 Å². The number of rotatable bonds is 4. The molecule has 0 atom stereocenters. The summed E-state index contributed by atoms with van der Waals surface area (Å²) in [6.07, 6.45) is 1.14. The van der Waals surface area contributed by atoms with Gasteiger partial charge in [-0.3, -0.25) is 5.32 Å². The summed E-state index contributed by atoms with van der Waals surface area (Å²) in [6, 6.07) is 7.69. The highest BCUT2D eigenvalue weighted by molar-refractivity contribution is 5.85. The quantitative estimate of drug-likeness (QED) is 0.884. The Morgan fingerprint density at radius 1 is 1.47 bits per heavy atom. The fraction of sp³-hybridized carbons (Fsp3) is 0.231. The standard InChI is InChI=1S/C13H15N3O3/c1-3-18-13(17)16-10-6-4-5-9(7-10)11-8-15-12(14-2)19-11/h4-8H,3H2,1-2H3,(H,14,15)(H,16,17). The first-order valence-corrected chi connectivity index (χ1v) is 5.90. The van der Waals surface area contributed by atoms with Gasteiger partial charge in [-0.15, -0.1) is 0 Å². The van der Waals surface area contributed by atoms with Gasteiger partial charge in [0.15, 0.2) is 5.76 Å². The highest BCUT2D eigenvalue weighted by Crippen LogP contribution is 2.24. The van der Waals surface area contributed by atoms with E-state index in [2.05, 4.69) is 15.6 Å². The summed E-state index contributed by atoms with van der Waals surface area (Å²) in [7, 11) is 1.73. The minimum absolute atomic E-state index is 0.332. The fourth-order valence-corrected chi connectivity index (χ4v) is 1.56. The Morgan fingerprint density at radius 2 is 2.32 bits per heavy atom. The second kappa shape index (κ2) is 5.90. The number of aromatic nitrogens is 1. The van der Waals surface area contributed by atoms with Gasteiger partial charge in [0.2, 0.25) is 0 Å². The lowest BCUT2D eigenvalue weighted by Crippen LogP contribution is -2.13. The van der Waals surface area contributed by atoms with Crippen LogP contribution in [0.3, 0.4) is 0 Å². The highest BCUT2D eigenvalue weighted by Gasteiger charge is 2.07. The van der Waals surface area contributed by atoms with Crippen molar-refractivity contribution in [3.63, 3.8) is 0 Å². The van der Waals surface area contributed by atoms with Gasteiger partial charge in [-0.25, -0.2) is 9.78 Å². The van der Waals surface area contributed by atoms with Gasteiger partial charge in [0.25, 0.3) is 6.01 Å². The molecule has 0 unspecified atom stereocenters. The first kappa shape index (κ1) is 12.9. The number of hydrogen-bond donors (Lipinski definition) is 2. The molecule has 0 saturated heterocycles. The van der Waals surface area contributed by atoms with E-state index >= 15 is 0 Å².